The van der Waals surface area contributed by atoms with Crippen LogP contribution < -0.4 is 0 Å². The van der Waals surface area contributed by atoms with Gasteiger partial charge >= 0.3 is 5.51 Å². The first kappa shape index (κ1) is 15.2. The van der Waals surface area contributed by atoms with Gasteiger partial charge in [-0.05, 0) is 42.4 Å². The summed E-state index contributed by atoms with van der Waals surface area (Å²) in [5.41, 5.74) is -3.54. The van der Waals surface area contributed by atoms with Crippen LogP contribution >= 0.6 is 23.4 Å². The van der Waals surface area contributed by atoms with Crippen LogP contribution in [0.5, 0.6) is 0 Å². The van der Waals surface area contributed by atoms with Gasteiger partial charge in [0.25, 0.3) is 0 Å². The normalized spacial score (nSPS) is 11.7. The van der Waals surface area contributed by atoms with Gasteiger partial charge in [0.05, 0.1) is 0 Å². The Balaban J connectivity index is 2.51. The monoisotopic (exact) mass is 320 g/mol. The molecular weight excluding hydrogens is 312 g/mol. The first-order valence-electron chi connectivity index (χ1n) is 5.59. The maximum Gasteiger partial charge on any atom is 0.446 e. The molecule has 20 heavy (non-hydrogen) atoms. The second kappa shape index (κ2) is 5.66. The van der Waals surface area contributed by atoms with E-state index < -0.39 is 11.3 Å². The Bertz CT molecular complexity index is 638. The Hall–Kier alpha value is -1.20. The van der Waals surface area contributed by atoms with Gasteiger partial charge in [0.15, 0.2) is 0 Å². The van der Waals surface area contributed by atoms with E-state index in [1.807, 2.05) is 0 Å². The first-order chi connectivity index (χ1) is 9.28. The highest BCUT2D eigenvalue weighted by Crippen LogP contribution is 2.40. The van der Waals surface area contributed by atoms with Crippen LogP contribution in [0.25, 0.3) is 11.1 Å². The second-order valence-electron chi connectivity index (χ2n) is 4.13. The Labute approximate surface area is 122 Å². The minimum Gasteiger partial charge on any atom is -0.206 e. The lowest BCUT2D eigenvalue weighted by atomic mass is 10.0. The van der Waals surface area contributed by atoms with Gasteiger partial charge < -0.3 is 0 Å². The molecule has 0 saturated carbocycles. The summed E-state index contributed by atoms with van der Waals surface area (Å²) >= 11 is 5.72. The molecule has 0 radical (unpaired) electrons. The number of alkyl halides is 3. The lowest BCUT2D eigenvalue weighted by Gasteiger charge is -2.11. The quantitative estimate of drug-likeness (QED) is 0.478. The predicted octanol–water partition coefficient (Wildman–Crippen LogP) is 6.07. The molecule has 2 rings (SSSR count). The molecule has 0 fully saturated rings. The zero-order valence-corrected chi connectivity index (χ0v) is 11.8. The SMILES string of the molecule is Cc1cccc(-c2cc(SC(F)(F)F)ccc2Cl)c1F. The van der Waals surface area contributed by atoms with Crippen molar-refractivity contribution in [3.63, 3.8) is 0 Å². The van der Waals surface area contributed by atoms with Crippen LogP contribution in [0, 0.1) is 12.7 Å². The van der Waals surface area contributed by atoms with Gasteiger partial charge in [0, 0.05) is 21.0 Å². The fraction of sp³-hybridized carbons (Fsp3) is 0.143. The zero-order valence-electron chi connectivity index (χ0n) is 10.3. The third kappa shape index (κ3) is 3.46. The molecule has 0 N–H and O–H groups in total. The van der Waals surface area contributed by atoms with Gasteiger partial charge in [-0.25, -0.2) is 4.39 Å². The average Bonchev–Trinajstić information content (AvgIpc) is 2.34. The molecule has 0 aliphatic rings. The average molecular weight is 321 g/mol. The summed E-state index contributed by atoms with van der Waals surface area (Å²) in [5.74, 6) is -0.483. The molecule has 2 aromatic carbocycles. The zero-order chi connectivity index (χ0) is 14.9. The van der Waals surface area contributed by atoms with Gasteiger partial charge in [-0.3, -0.25) is 0 Å². The molecule has 0 aliphatic carbocycles. The van der Waals surface area contributed by atoms with Crippen molar-refractivity contribution in [3.05, 3.63) is 52.8 Å². The maximum absolute atomic E-state index is 14.0. The summed E-state index contributed by atoms with van der Waals surface area (Å²) in [7, 11) is 0. The van der Waals surface area contributed by atoms with E-state index in [4.69, 9.17) is 11.6 Å². The lowest BCUT2D eigenvalue weighted by molar-refractivity contribution is -0.0328. The van der Waals surface area contributed by atoms with Crippen molar-refractivity contribution in [3.8, 4) is 11.1 Å². The van der Waals surface area contributed by atoms with E-state index in [0.29, 0.717) is 5.56 Å². The summed E-state index contributed by atoms with van der Waals surface area (Å²) in [5, 5.41) is 0.209. The third-order valence-electron chi connectivity index (χ3n) is 2.65. The van der Waals surface area contributed by atoms with Crippen LogP contribution in [0.4, 0.5) is 17.6 Å². The van der Waals surface area contributed by atoms with Gasteiger partial charge in [-0.15, -0.1) is 0 Å². The van der Waals surface area contributed by atoms with Crippen molar-refractivity contribution < 1.29 is 17.6 Å². The van der Waals surface area contributed by atoms with Crippen LogP contribution in [-0.2, 0) is 0 Å². The molecule has 0 saturated heterocycles. The Kier molecular flexibility index (Phi) is 4.30. The van der Waals surface area contributed by atoms with Crippen LogP contribution in [-0.4, -0.2) is 5.51 Å². The highest BCUT2D eigenvalue weighted by atomic mass is 35.5. The minimum atomic E-state index is -4.39. The fourth-order valence-electron chi connectivity index (χ4n) is 1.76. The highest BCUT2D eigenvalue weighted by Gasteiger charge is 2.29. The number of benzene rings is 2. The predicted molar refractivity (Wildman–Crippen MR) is 73.5 cm³/mol. The fourth-order valence-corrected chi connectivity index (χ4v) is 2.56. The van der Waals surface area contributed by atoms with Crippen molar-refractivity contribution in [2.45, 2.75) is 17.3 Å². The topological polar surface area (TPSA) is 0 Å². The van der Waals surface area contributed by atoms with E-state index in [2.05, 4.69) is 0 Å². The summed E-state index contributed by atoms with van der Waals surface area (Å²) in [6.45, 7) is 1.58. The largest absolute Gasteiger partial charge is 0.446 e. The molecule has 0 bridgehead atoms. The second-order valence-corrected chi connectivity index (χ2v) is 5.67. The van der Waals surface area contributed by atoms with Crippen molar-refractivity contribution >= 4 is 23.4 Å². The number of halogens is 5. The summed E-state index contributed by atoms with van der Waals surface area (Å²) < 4.78 is 51.2. The highest BCUT2D eigenvalue weighted by molar-refractivity contribution is 8.00. The van der Waals surface area contributed by atoms with Gasteiger partial charge in [-0.2, -0.15) is 13.2 Å². The van der Waals surface area contributed by atoms with Gasteiger partial charge in [-0.1, -0.05) is 29.8 Å². The molecule has 106 valence electrons. The summed E-state index contributed by atoms with van der Waals surface area (Å²) in [6.07, 6.45) is 0. The van der Waals surface area contributed by atoms with Crippen LogP contribution in [0.3, 0.4) is 0 Å². The van der Waals surface area contributed by atoms with E-state index in [1.165, 1.54) is 24.3 Å². The summed E-state index contributed by atoms with van der Waals surface area (Å²) in [4.78, 5) is -0.0298. The molecule has 0 spiro atoms. The van der Waals surface area contributed by atoms with Crippen LogP contribution in [0.15, 0.2) is 41.3 Å². The molecule has 0 aliphatic heterocycles. The number of aryl methyl sites for hydroxylation is 1. The number of rotatable bonds is 2. The van der Waals surface area contributed by atoms with E-state index in [-0.39, 0.29) is 32.8 Å². The lowest BCUT2D eigenvalue weighted by Crippen LogP contribution is -1.99. The van der Waals surface area contributed by atoms with Crippen molar-refractivity contribution in [1.82, 2.24) is 0 Å². The van der Waals surface area contributed by atoms with Gasteiger partial charge in [0.2, 0.25) is 0 Å². The Morgan fingerprint density at radius 3 is 2.40 bits per heavy atom. The molecule has 2 aromatic rings. The first-order valence-corrected chi connectivity index (χ1v) is 6.78. The molecule has 0 aromatic heterocycles. The van der Waals surface area contributed by atoms with Crippen LogP contribution in [0.1, 0.15) is 5.56 Å². The van der Waals surface area contributed by atoms with E-state index >= 15 is 0 Å². The third-order valence-corrected chi connectivity index (χ3v) is 3.70. The molecule has 6 heteroatoms. The minimum absolute atomic E-state index is 0.0298. The van der Waals surface area contributed by atoms with Crippen molar-refractivity contribution in [2.24, 2.45) is 0 Å². The molecule has 0 atom stereocenters. The van der Waals surface area contributed by atoms with Crippen molar-refractivity contribution in [2.75, 3.05) is 0 Å². The number of hydrogen-bond acceptors (Lipinski definition) is 1. The Morgan fingerprint density at radius 2 is 1.75 bits per heavy atom. The standard InChI is InChI=1S/C14H9ClF4S/c1-8-3-2-4-10(13(8)16)11-7-9(5-6-12(11)15)20-14(17,18)19/h2-7H,1H3. The maximum atomic E-state index is 14.0. The van der Waals surface area contributed by atoms with Crippen LogP contribution in [0.2, 0.25) is 5.02 Å². The molecule has 0 heterocycles. The number of thioether (sulfide) groups is 1. The summed E-state index contributed by atoms with van der Waals surface area (Å²) in [6, 6.07) is 8.56. The molecular formula is C14H9ClF4S. The van der Waals surface area contributed by atoms with E-state index in [1.54, 1.807) is 19.1 Å². The van der Waals surface area contributed by atoms with E-state index in [9.17, 15) is 17.6 Å². The Morgan fingerprint density at radius 1 is 1.05 bits per heavy atom. The number of hydrogen-bond donors (Lipinski definition) is 0. The van der Waals surface area contributed by atoms with Gasteiger partial charge in [0.1, 0.15) is 5.82 Å². The smallest absolute Gasteiger partial charge is 0.206 e. The van der Waals surface area contributed by atoms with E-state index in [0.717, 1.165) is 0 Å². The molecule has 0 amide bonds. The molecule has 0 unspecified atom stereocenters. The van der Waals surface area contributed by atoms with Crippen molar-refractivity contribution in [1.29, 1.82) is 0 Å². The molecule has 0 nitrogen and oxygen atoms in total.